The lowest BCUT2D eigenvalue weighted by atomic mass is 10.0. The standard InChI is InChI=1S/C19H22N4O2/c1-4-17(25)22-14-7-8-23(10-14)15-6-5-13(9-16(20)24)19-18(15)11(2)12(3)21-19/h1,5-6,14,21H,7-10H2,2-3H3,(H2,20,24)(H,22,25)/t14-/m1/s1. The quantitative estimate of drug-likeness (QED) is 0.730. The molecule has 1 saturated heterocycles. The van der Waals surface area contributed by atoms with Gasteiger partial charge in [-0.3, -0.25) is 9.59 Å². The molecule has 0 radical (unpaired) electrons. The number of primary amides is 1. The number of benzene rings is 1. The normalized spacial score (nSPS) is 16.8. The highest BCUT2D eigenvalue weighted by Crippen LogP contribution is 2.35. The van der Waals surface area contributed by atoms with Gasteiger partial charge in [-0.15, -0.1) is 6.42 Å². The summed E-state index contributed by atoms with van der Waals surface area (Å²) in [5.74, 6) is 1.37. The Labute approximate surface area is 146 Å². The molecule has 1 aliphatic heterocycles. The molecule has 130 valence electrons. The number of terminal acetylenes is 1. The maximum Gasteiger partial charge on any atom is 0.295 e. The van der Waals surface area contributed by atoms with Gasteiger partial charge in [0.05, 0.1) is 11.9 Å². The van der Waals surface area contributed by atoms with Crippen molar-refractivity contribution in [2.45, 2.75) is 32.7 Å². The number of amides is 2. The van der Waals surface area contributed by atoms with Crippen LogP contribution >= 0.6 is 0 Å². The first-order valence-electron chi connectivity index (χ1n) is 8.31. The third-order valence-electron chi connectivity index (χ3n) is 4.88. The fourth-order valence-corrected chi connectivity index (χ4v) is 3.55. The second kappa shape index (κ2) is 6.52. The predicted octanol–water partition coefficient (Wildman–Crippen LogP) is 1.14. The third kappa shape index (κ3) is 3.18. The smallest absolute Gasteiger partial charge is 0.295 e. The minimum atomic E-state index is -0.373. The van der Waals surface area contributed by atoms with Crippen LogP contribution in [0.3, 0.4) is 0 Å². The highest BCUT2D eigenvalue weighted by Gasteiger charge is 2.26. The van der Waals surface area contributed by atoms with Gasteiger partial charge in [0.25, 0.3) is 5.91 Å². The van der Waals surface area contributed by atoms with E-state index in [4.69, 9.17) is 12.2 Å². The number of nitrogens with two attached hydrogens (primary N) is 1. The van der Waals surface area contributed by atoms with Crippen molar-refractivity contribution in [3.05, 3.63) is 29.0 Å². The predicted molar refractivity (Wildman–Crippen MR) is 98.3 cm³/mol. The number of rotatable bonds is 4. The number of nitrogens with one attached hydrogen (secondary N) is 2. The maximum absolute atomic E-state index is 11.4. The van der Waals surface area contributed by atoms with Crippen LogP contribution in [0.15, 0.2) is 12.1 Å². The summed E-state index contributed by atoms with van der Waals surface area (Å²) in [6.45, 7) is 5.64. The Morgan fingerprint density at radius 2 is 2.20 bits per heavy atom. The molecule has 1 fully saturated rings. The van der Waals surface area contributed by atoms with E-state index in [1.54, 1.807) is 0 Å². The van der Waals surface area contributed by atoms with Gasteiger partial charge < -0.3 is 20.9 Å². The molecular formula is C19H22N4O2. The van der Waals surface area contributed by atoms with Crippen molar-refractivity contribution in [1.82, 2.24) is 10.3 Å². The van der Waals surface area contributed by atoms with Crippen LogP contribution in [0.5, 0.6) is 0 Å². The minimum Gasteiger partial charge on any atom is -0.369 e. The summed E-state index contributed by atoms with van der Waals surface area (Å²) in [6.07, 6.45) is 6.18. The second-order valence-electron chi connectivity index (χ2n) is 6.56. The number of carbonyl (C=O) groups is 2. The van der Waals surface area contributed by atoms with Gasteiger partial charge in [-0.25, -0.2) is 0 Å². The van der Waals surface area contributed by atoms with Crippen molar-refractivity contribution in [1.29, 1.82) is 0 Å². The Bertz CT molecular complexity index is 891. The zero-order valence-electron chi connectivity index (χ0n) is 14.5. The number of hydrogen-bond acceptors (Lipinski definition) is 3. The molecule has 4 N–H and O–H groups in total. The van der Waals surface area contributed by atoms with Crippen LogP contribution in [0.4, 0.5) is 5.69 Å². The summed E-state index contributed by atoms with van der Waals surface area (Å²) < 4.78 is 0. The molecule has 2 heterocycles. The number of H-pyrrole nitrogens is 1. The Hall–Kier alpha value is -2.94. The van der Waals surface area contributed by atoms with E-state index in [0.717, 1.165) is 46.4 Å². The molecule has 25 heavy (non-hydrogen) atoms. The van der Waals surface area contributed by atoms with Gasteiger partial charge in [-0.1, -0.05) is 6.07 Å². The van der Waals surface area contributed by atoms with Crippen molar-refractivity contribution in [3.63, 3.8) is 0 Å². The molecule has 1 aromatic carbocycles. The van der Waals surface area contributed by atoms with E-state index < -0.39 is 0 Å². The summed E-state index contributed by atoms with van der Waals surface area (Å²) >= 11 is 0. The van der Waals surface area contributed by atoms with Gasteiger partial charge >= 0.3 is 0 Å². The van der Waals surface area contributed by atoms with Crippen LogP contribution in [0.25, 0.3) is 10.9 Å². The minimum absolute atomic E-state index is 0.0456. The lowest BCUT2D eigenvalue weighted by molar-refractivity contribution is -0.117. The molecule has 1 atom stereocenters. The lowest BCUT2D eigenvalue weighted by Gasteiger charge is -2.21. The highest BCUT2D eigenvalue weighted by molar-refractivity contribution is 5.99. The summed E-state index contributed by atoms with van der Waals surface area (Å²) in [7, 11) is 0. The van der Waals surface area contributed by atoms with Crippen molar-refractivity contribution < 1.29 is 9.59 Å². The number of carbonyl (C=O) groups excluding carboxylic acids is 2. The van der Waals surface area contributed by atoms with Crippen molar-refractivity contribution in [2.75, 3.05) is 18.0 Å². The molecule has 1 aromatic heterocycles. The fraction of sp³-hybridized carbons (Fsp3) is 0.368. The van der Waals surface area contributed by atoms with Crippen LogP contribution in [-0.4, -0.2) is 35.9 Å². The Morgan fingerprint density at radius 1 is 1.44 bits per heavy atom. The summed E-state index contributed by atoms with van der Waals surface area (Å²) in [6, 6.07) is 4.03. The number of anilines is 1. The first-order valence-corrected chi connectivity index (χ1v) is 8.31. The number of aromatic amines is 1. The molecule has 0 saturated carbocycles. The van der Waals surface area contributed by atoms with E-state index in [-0.39, 0.29) is 24.3 Å². The zero-order valence-corrected chi connectivity index (χ0v) is 14.5. The van der Waals surface area contributed by atoms with Gasteiger partial charge in [0.2, 0.25) is 5.91 Å². The highest BCUT2D eigenvalue weighted by atomic mass is 16.1. The zero-order chi connectivity index (χ0) is 18.1. The Morgan fingerprint density at radius 3 is 2.88 bits per heavy atom. The van der Waals surface area contributed by atoms with Gasteiger partial charge in [0.1, 0.15) is 0 Å². The van der Waals surface area contributed by atoms with E-state index >= 15 is 0 Å². The average molecular weight is 338 g/mol. The monoisotopic (exact) mass is 338 g/mol. The molecule has 2 amide bonds. The SMILES string of the molecule is C#CC(=O)N[C@@H]1CCN(c2ccc(CC(N)=O)c3[nH]c(C)c(C)c23)C1. The first kappa shape index (κ1) is 16.9. The summed E-state index contributed by atoms with van der Waals surface area (Å²) in [5.41, 5.74) is 10.6. The van der Waals surface area contributed by atoms with Gasteiger partial charge in [0, 0.05) is 35.9 Å². The molecule has 2 aromatic rings. The molecule has 6 heteroatoms. The molecular weight excluding hydrogens is 316 g/mol. The average Bonchev–Trinajstić information content (AvgIpc) is 3.13. The first-order chi connectivity index (χ1) is 11.9. The Balaban J connectivity index is 1.97. The number of nitrogens with zero attached hydrogens (tertiary/aromatic N) is 1. The molecule has 0 bridgehead atoms. The van der Waals surface area contributed by atoms with Crippen LogP contribution in [0.2, 0.25) is 0 Å². The molecule has 6 nitrogen and oxygen atoms in total. The number of fused-ring (bicyclic) bond motifs is 1. The summed E-state index contributed by atoms with van der Waals surface area (Å²) in [5, 5.41) is 3.96. The molecule has 0 aliphatic carbocycles. The van der Waals surface area contributed by atoms with Crippen LogP contribution < -0.4 is 16.0 Å². The van der Waals surface area contributed by atoms with E-state index in [0.29, 0.717) is 6.54 Å². The topological polar surface area (TPSA) is 91.2 Å². The van der Waals surface area contributed by atoms with Crippen LogP contribution in [-0.2, 0) is 16.0 Å². The molecule has 1 aliphatic rings. The molecule has 3 rings (SSSR count). The summed E-state index contributed by atoms with van der Waals surface area (Å²) in [4.78, 5) is 28.4. The van der Waals surface area contributed by atoms with Gasteiger partial charge in [-0.2, -0.15) is 0 Å². The van der Waals surface area contributed by atoms with E-state index in [1.165, 1.54) is 0 Å². The number of aryl methyl sites for hydroxylation is 2. The number of hydrogen-bond donors (Lipinski definition) is 3. The van der Waals surface area contributed by atoms with Crippen molar-refractivity contribution >= 4 is 28.4 Å². The largest absolute Gasteiger partial charge is 0.369 e. The maximum atomic E-state index is 11.4. The Kier molecular flexibility index (Phi) is 4.41. The fourth-order valence-electron chi connectivity index (χ4n) is 3.55. The van der Waals surface area contributed by atoms with Crippen molar-refractivity contribution in [2.24, 2.45) is 5.73 Å². The second-order valence-corrected chi connectivity index (χ2v) is 6.56. The van der Waals surface area contributed by atoms with Crippen molar-refractivity contribution in [3.8, 4) is 12.3 Å². The lowest BCUT2D eigenvalue weighted by Crippen LogP contribution is -2.36. The van der Waals surface area contributed by atoms with E-state index in [9.17, 15) is 9.59 Å². The molecule has 0 spiro atoms. The van der Waals surface area contributed by atoms with E-state index in [2.05, 4.69) is 28.0 Å². The van der Waals surface area contributed by atoms with E-state index in [1.807, 2.05) is 19.1 Å². The molecule has 0 unspecified atom stereocenters. The van der Waals surface area contributed by atoms with Gasteiger partial charge in [0.15, 0.2) is 0 Å². The van der Waals surface area contributed by atoms with Crippen LogP contribution in [0.1, 0.15) is 23.2 Å². The van der Waals surface area contributed by atoms with Crippen LogP contribution in [0, 0.1) is 26.2 Å². The third-order valence-corrected chi connectivity index (χ3v) is 4.88. The number of aromatic nitrogens is 1. The van der Waals surface area contributed by atoms with Gasteiger partial charge in [-0.05, 0) is 43.4 Å².